The first kappa shape index (κ1) is 24.3. The summed E-state index contributed by atoms with van der Waals surface area (Å²) in [6.45, 7) is -0.324. The average molecular weight is 521 g/mol. The van der Waals surface area contributed by atoms with Gasteiger partial charge in [0.25, 0.3) is 12.0 Å². The molecule has 1 N–H and O–H groups in total. The highest BCUT2D eigenvalue weighted by Gasteiger charge is 2.54. The van der Waals surface area contributed by atoms with Crippen LogP contribution < -0.4 is 19.5 Å². The van der Waals surface area contributed by atoms with Crippen molar-refractivity contribution in [3.8, 4) is 17.2 Å². The fourth-order valence-corrected chi connectivity index (χ4v) is 4.60. The molecule has 0 spiro atoms. The number of methoxy groups -OCH3 is 2. The number of hydrogen-bond acceptors (Lipinski definition) is 6. The summed E-state index contributed by atoms with van der Waals surface area (Å²) in [4.78, 5) is 41.2. The molecule has 5 rings (SSSR count). The first-order valence-corrected chi connectivity index (χ1v) is 11.8. The maximum atomic E-state index is 13.7. The van der Waals surface area contributed by atoms with Crippen LogP contribution in [0.5, 0.6) is 17.2 Å². The van der Waals surface area contributed by atoms with Crippen LogP contribution >= 0.6 is 11.6 Å². The Morgan fingerprint density at radius 2 is 1.81 bits per heavy atom. The lowest BCUT2D eigenvalue weighted by molar-refractivity contribution is -0.428. The van der Waals surface area contributed by atoms with Crippen LogP contribution in [0.3, 0.4) is 0 Å². The summed E-state index contributed by atoms with van der Waals surface area (Å²) in [7, 11) is 3.05. The summed E-state index contributed by atoms with van der Waals surface area (Å²) < 4.78 is 17.6. The Hall–Kier alpha value is -4.37. The molecule has 9 nitrogen and oxygen atoms in total. The van der Waals surface area contributed by atoms with Crippen LogP contribution in [0.15, 0.2) is 66.7 Å². The molecule has 37 heavy (non-hydrogen) atoms. The molecule has 1 atom stereocenters. The molecule has 10 heteroatoms. The number of benzene rings is 3. The molecule has 1 unspecified atom stereocenters. The zero-order valence-electron chi connectivity index (χ0n) is 20.1. The maximum absolute atomic E-state index is 13.7. The summed E-state index contributed by atoms with van der Waals surface area (Å²) in [5.74, 6) is 0.635. The topological polar surface area (TPSA) is 97.2 Å². The summed E-state index contributed by atoms with van der Waals surface area (Å²) in [5, 5.41) is 3.08. The number of fused-ring (bicyclic) bond motifs is 3. The van der Waals surface area contributed by atoms with E-state index in [1.165, 1.54) is 11.7 Å². The monoisotopic (exact) mass is 520 g/mol. The number of carbonyl (C=O) groups excluding carboxylic acids is 3. The average Bonchev–Trinajstić information content (AvgIpc) is 3.29. The van der Waals surface area contributed by atoms with Crippen molar-refractivity contribution in [2.24, 2.45) is 0 Å². The number of hydrogen-bond donors (Lipinski definition) is 1. The number of urea groups is 1. The Balaban J connectivity index is 1.47. The molecule has 2 heterocycles. The number of imide groups is 1. The molecular formula is C27H23ClN3O6+. The van der Waals surface area contributed by atoms with Gasteiger partial charge in [-0.3, -0.25) is 4.79 Å². The molecule has 3 aromatic carbocycles. The van der Waals surface area contributed by atoms with Gasteiger partial charge in [-0.1, -0.05) is 35.9 Å². The minimum atomic E-state index is -1.04. The van der Waals surface area contributed by atoms with Gasteiger partial charge in [0.2, 0.25) is 0 Å². The van der Waals surface area contributed by atoms with E-state index in [1.54, 1.807) is 73.8 Å². The van der Waals surface area contributed by atoms with Crippen molar-refractivity contribution in [3.63, 3.8) is 0 Å². The number of carbonyl (C=O) groups is 3. The minimum Gasteiger partial charge on any atom is -0.497 e. The highest BCUT2D eigenvalue weighted by Crippen LogP contribution is 2.33. The zero-order chi connectivity index (χ0) is 26.1. The molecule has 0 aliphatic carbocycles. The van der Waals surface area contributed by atoms with Crippen molar-refractivity contribution in [3.05, 3.63) is 82.9 Å². The summed E-state index contributed by atoms with van der Waals surface area (Å²) in [6, 6.07) is 18.3. The SMILES string of the molecule is COc1ccc(CN2C(=O)C3Oc4ccccc4C3=[N+](CC(=O)Nc3ccc(OC)c(Cl)c3)C2=O)cc1. The number of nitrogens with one attached hydrogen (secondary N) is 1. The molecule has 0 bridgehead atoms. The van der Waals surface area contributed by atoms with Gasteiger partial charge in [-0.15, -0.1) is 0 Å². The lowest BCUT2D eigenvalue weighted by Crippen LogP contribution is -2.58. The standard InChI is InChI=1S/C27H22ClN3O6/c1-35-18-10-7-16(8-11-18)14-31-26(33)25-24(19-5-3-4-6-21(19)37-25)30(27(31)34)15-23(32)29-17-9-12-22(36-2)20(28)13-17/h3-13,25H,14-15H2,1-2H3/p+1. The molecule has 2 aliphatic heterocycles. The Morgan fingerprint density at radius 1 is 1.05 bits per heavy atom. The third-order valence-electron chi connectivity index (χ3n) is 6.14. The van der Waals surface area contributed by atoms with Crippen LogP contribution in [0.4, 0.5) is 10.5 Å². The third-order valence-corrected chi connectivity index (χ3v) is 6.43. The molecule has 4 amide bonds. The number of anilines is 1. The van der Waals surface area contributed by atoms with E-state index in [0.29, 0.717) is 39.2 Å². The normalized spacial score (nSPS) is 16.2. The fraction of sp³-hybridized carbons (Fsp3) is 0.185. The largest absolute Gasteiger partial charge is 0.501 e. The maximum Gasteiger partial charge on any atom is 0.501 e. The molecule has 0 saturated carbocycles. The van der Waals surface area contributed by atoms with Crippen molar-refractivity contribution in [1.82, 2.24) is 4.90 Å². The molecule has 188 valence electrons. The van der Waals surface area contributed by atoms with Crippen LogP contribution in [0, 0.1) is 0 Å². The van der Waals surface area contributed by atoms with Gasteiger partial charge in [-0.05, 0) is 48.0 Å². The Morgan fingerprint density at radius 3 is 2.51 bits per heavy atom. The van der Waals surface area contributed by atoms with Crippen molar-refractivity contribution in [1.29, 1.82) is 0 Å². The van der Waals surface area contributed by atoms with Gasteiger partial charge in [-0.2, -0.15) is 14.3 Å². The van der Waals surface area contributed by atoms with E-state index in [0.717, 1.165) is 10.5 Å². The third kappa shape index (κ3) is 4.61. The van der Waals surface area contributed by atoms with E-state index in [9.17, 15) is 14.4 Å². The number of nitrogens with zero attached hydrogens (tertiary/aromatic N) is 2. The van der Waals surface area contributed by atoms with E-state index in [2.05, 4.69) is 5.32 Å². The van der Waals surface area contributed by atoms with Gasteiger partial charge >= 0.3 is 11.9 Å². The first-order valence-electron chi connectivity index (χ1n) is 11.4. The smallest absolute Gasteiger partial charge is 0.497 e. The van der Waals surface area contributed by atoms with Crippen LogP contribution in [0.2, 0.25) is 5.02 Å². The highest BCUT2D eigenvalue weighted by molar-refractivity contribution is 6.32. The van der Waals surface area contributed by atoms with Crippen molar-refractivity contribution >= 4 is 40.8 Å². The van der Waals surface area contributed by atoms with Gasteiger partial charge in [0.15, 0.2) is 12.3 Å². The van der Waals surface area contributed by atoms with Crippen LogP contribution in [0.1, 0.15) is 11.1 Å². The number of amides is 4. The zero-order valence-corrected chi connectivity index (χ0v) is 20.8. The number of para-hydroxylation sites is 1. The molecule has 3 aromatic rings. The van der Waals surface area contributed by atoms with E-state index >= 15 is 0 Å². The van der Waals surface area contributed by atoms with Gasteiger partial charge in [-0.25, -0.2) is 4.79 Å². The van der Waals surface area contributed by atoms with Crippen LogP contribution in [0.25, 0.3) is 0 Å². The Labute approximate surface area is 217 Å². The second-order valence-electron chi connectivity index (χ2n) is 8.42. The van der Waals surface area contributed by atoms with E-state index in [1.807, 2.05) is 0 Å². The molecule has 2 aliphatic rings. The first-order chi connectivity index (χ1) is 17.9. The van der Waals surface area contributed by atoms with Gasteiger partial charge in [0.05, 0.1) is 24.8 Å². The predicted octanol–water partition coefficient (Wildman–Crippen LogP) is 3.72. The van der Waals surface area contributed by atoms with Crippen molar-refractivity contribution in [2.45, 2.75) is 12.6 Å². The predicted molar refractivity (Wildman–Crippen MR) is 136 cm³/mol. The van der Waals surface area contributed by atoms with Gasteiger partial charge in [0, 0.05) is 5.69 Å². The molecule has 0 radical (unpaired) electrons. The summed E-state index contributed by atoms with van der Waals surface area (Å²) in [5.41, 5.74) is 2.10. The molecule has 0 saturated heterocycles. The van der Waals surface area contributed by atoms with E-state index < -0.39 is 23.9 Å². The van der Waals surface area contributed by atoms with Crippen LogP contribution in [-0.2, 0) is 16.1 Å². The highest BCUT2D eigenvalue weighted by atomic mass is 35.5. The Kier molecular flexibility index (Phi) is 6.54. The molecule has 0 fully saturated rings. The lowest BCUT2D eigenvalue weighted by Gasteiger charge is -2.24. The minimum absolute atomic E-state index is 0.0113. The summed E-state index contributed by atoms with van der Waals surface area (Å²) >= 11 is 6.17. The van der Waals surface area contributed by atoms with E-state index in [-0.39, 0.29) is 13.1 Å². The van der Waals surface area contributed by atoms with Crippen LogP contribution in [-0.4, -0.2) is 59.9 Å². The number of rotatable bonds is 7. The molecular weight excluding hydrogens is 498 g/mol. The summed E-state index contributed by atoms with van der Waals surface area (Å²) in [6.07, 6.45) is -1.04. The number of ether oxygens (including phenoxy) is 3. The van der Waals surface area contributed by atoms with E-state index in [4.69, 9.17) is 25.8 Å². The second-order valence-corrected chi connectivity index (χ2v) is 8.83. The Bertz CT molecular complexity index is 1440. The second kappa shape index (κ2) is 9.94. The number of halogens is 1. The molecule has 0 aromatic heterocycles. The van der Waals surface area contributed by atoms with Gasteiger partial charge in [0.1, 0.15) is 23.8 Å². The van der Waals surface area contributed by atoms with Gasteiger partial charge < -0.3 is 19.5 Å². The lowest BCUT2D eigenvalue weighted by atomic mass is 10.0. The quantitative estimate of drug-likeness (QED) is 0.477. The van der Waals surface area contributed by atoms with Crippen molar-refractivity contribution < 1.29 is 33.2 Å². The fourth-order valence-electron chi connectivity index (χ4n) is 4.34. The van der Waals surface area contributed by atoms with Crippen molar-refractivity contribution in [2.75, 3.05) is 26.1 Å².